The van der Waals surface area contributed by atoms with Crippen molar-refractivity contribution in [3.05, 3.63) is 23.8 Å². The van der Waals surface area contributed by atoms with Gasteiger partial charge in [0.05, 0.1) is 13.7 Å². The summed E-state index contributed by atoms with van der Waals surface area (Å²) in [4.78, 5) is 0. The maximum Gasteiger partial charge on any atom is 0.161 e. The molecule has 1 atom stereocenters. The van der Waals surface area contributed by atoms with Crippen molar-refractivity contribution in [1.82, 2.24) is 0 Å². The van der Waals surface area contributed by atoms with Crippen molar-refractivity contribution in [2.75, 3.05) is 13.7 Å². The van der Waals surface area contributed by atoms with Crippen LogP contribution in [0.1, 0.15) is 45.1 Å². The molecule has 0 saturated heterocycles. The molecule has 1 aromatic rings. The molecule has 0 aliphatic rings. The van der Waals surface area contributed by atoms with Gasteiger partial charge < -0.3 is 15.2 Å². The summed E-state index contributed by atoms with van der Waals surface area (Å²) in [5.74, 6) is 1.63. The molecule has 0 spiro atoms. The normalized spacial score (nSPS) is 12.2. The zero-order valence-corrected chi connectivity index (χ0v) is 12.4. The Balaban J connectivity index is 2.57. The molecule has 1 rings (SSSR count). The van der Waals surface area contributed by atoms with Gasteiger partial charge in [0.1, 0.15) is 0 Å². The van der Waals surface area contributed by atoms with Crippen molar-refractivity contribution in [1.29, 1.82) is 0 Å². The minimum Gasteiger partial charge on any atom is -0.493 e. The summed E-state index contributed by atoms with van der Waals surface area (Å²) in [6.45, 7) is 4.97. The van der Waals surface area contributed by atoms with Crippen molar-refractivity contribution in [3.8, 4) is 11.5 Å². The van der Waals surface area contributed by atoms with Gasteiger partial charge in [-0.25, -0.2) is 0 Å². The standard InChI is InChI=1S/C16H27NO2/c1-4-5-6-7-10-19-16-12-14(11-13(2)17)8-9-15(16)18-3/h8-9,12-13H,4-7,10-11,17H2,1-3H3. The van der Waals surface area contributed by atoms with Crippen LogP contribution in [0, 0.1) is 0 Å². The van der Waals surface area contributed by atoms with Crippen molar-refractivity contribution in [3.63, 3.8) is 0 Å². The van der Waals surface area contributed by atoms with Crippen LogP contribution in [-0.2, 0) is 6.42 Å². The number of unbranched alkanes of at least 4 members (excludes halogenated alkanes) is 3. The Hall–Kier alpha value is -1.22. The van der Waals surface area contributed by atoms with Crippen molar-refractivity contribution >= 4 is 0 Å². The Kier molecular flexibility index (Phi) is 7.34. The fraction of sp³-hybridized carbons (Fsp3) is 0.625. The number of methoxy groups -OCH3 is 1. The number of hydrogen-bond donors (Lipinski definition) is 1. The first-order valence-corrected chi connectivity index (χ1v) is 7.22. The summed E-state index contributed by atoms with van der Waals surface area (Å²) >= 11 is 0. The monoisotopic (exact) mass is 265 g/mol. The van der Waals surface area contributed by atoms with Crippen LogP contribution in [-0.4, -0.2) is 19.8 Å². The molecule has 0 aliphatic heterocycles. The number of hydrogen-bond acceptors (Lipinski definition) is 3. The first-order valence-electron chi connectivity index (χ1n) is 7.22. The molecule has 0 fully saturated rings. The van der Waals surface area contributed by atoms with E-state index in [1.165, 1.54) is 24.8 Å². The predicted molar refractivity (Wildman–Crippen MR) is 80.0 cm³/mol. The third-order valence-electron chi connectivity index (χ3n) is 3.04. The van der Waals surface area contributed by atoms with Gasteiger partial charge in [-0.15, -0.1) is 0 Å². The second-order valence-electron chi connectivity index (χ2n) is 5.08. The van der Waals surface area contributed by atoms with Gasteiger partial charge in [-0.2, -0.15) is 0 Å². The average molecular weight is 265 g/mol. The van der Waals surface area contributed by atoms with Crippen LogP contribution in [0.5, 0.6) is 11.5 Å². The molecule has 0 heterocycles. The minimum atomic E-state index is 0.158. The summed E-state index contributed by atoms with van der Waals surface area (Å²) in [6.07, 6.45) is 5.68. The number of benzene rings is 1. The highest BCUT2D eigenvalue weighted by molar-refractivity contribution is 5.43. The van der Waals surface area contributed by atoms with Crippen LogP contribution < -0.4 is 15.2 Å². The molecule has 108 valence electrons. The van der Waals surface area contributed by atoms with Gasteiger partial charge in [0.25, 0.3) is 0 Å². The van der Waals surface area contributed by atoms with Crippen LogP contribution >= 0.6 is 0 Å². The highest BCUT2D eigenvalue weighted by Gasteiger charge is 2.07. The zero-order valence-electron chi connectivity index (χ0n) is 12.4. The van der Waals surface area contributed by atoms with E-state index in [-0.39, 0.29) is 6.04 Å². The first-order chi connectivity index (χ1) is 9.17. The zero-order chi connectivity index (χ0) is 14.1. The van der Waals surface area contributed by atoms with Crippen LogP contribution in [0.3, 0.4) is 0 Å². The van der Waals surface area contributed by atoms with Gasteiger partial charge in [-0.05, 0) is 37.5 Å². The van der Waals surface area contributed by atoms with E-state index in [0.717, 1.165) is 30.9 Å². The Morgan fingerprint density at radius 2 is 1.95 bits per heavy atom. The lowest BCUT2D eigenvalue weighted by Gasteiger charge is -2.13. The minimum absolute atomic E-state index is 0.158. The SMILES string of the molecule is CCCCCCOc1cc(CC(C)N)ccc1OC. The van der Waals surface area contributed by atoms with Gasteiger partial charge in [-0.3, -0.25) is 0 Å². The fourth-order valence-corrected chi connectivity index (χ4v) is 2.04. The summed E-state index contributed by atoms with van der Waals surface area (Å²) < 4.78 is 11.2. The van der Waals surface area contributed by atoms with Crippen molar-refractivity contribution < 1.29 is 9.47 Å². The van der Waals surface area contributed by atoms with E-state index >= 15 is 0 Å². The molecule has 0 saturated carbocycles. The third kappa shape index (κ3) is 5.97. The smallest absolute Gasteiger partial charge is 0.161 e. The van der Waals surface area contributed by atoms with Gasteiger partial charge in [0.15, 0.2) is 11.5 Å². The maximum absolute atomic E-state index is 5.83. The molecular formula is C16H27NO2. The Morgan fingerprint density at radius 3 is 2.58 bits per heavy atom. The fourth-order valence-electron chi connectivity index (χ4n) is 2.04. The quantitative estimate of drug-likeness (QED) is 0.694. The van der Waals surface area contributed by atoms with Gasteiger partial charge in [-0.1, -0.05) is 32.3 Å². The van der Waals surface area contributed by atoms with E-state index in [1.807, 2.05) is 25.1 Å². The summed E-state index contributed by atoms with van der Waals surface area (Å²) in [5, 5.41) is 0. The topological polar surface area (TPSA) is 44.5 Å². The van der Waals surface area contributed by atoms with Gasteiger partial charge in [0, 0.05) is 6.04 Å². The van der Waals surface area contributed by atoms with Crippen molar-refractivity contribution in [2.24, 2.45) is 5.73 Å². The molecule has 3 heteroatoms. The van der Waals surface area contributed by atoms with Gasteiger partial charge in [0.2, 0.25) is 0 Å². The average Bonchev–Trinajstić information content (AvgIpc) is 2.38. The number of ether oxygens (including phenoxy) is 2. The molecule has 0 amide bonds. The molecule has 1 unspecified atom stereocenters. The Bertz CT molecular complexity index is 364. The summed E-state index contributed by atoms with van der Waals surface area (Å²) in [6, 6.07) is 6.21. The molecule has 0 aromatic heterocycles. The van der Waals surface area contributed by atoms with Gasteiger partial charge >= 0.3 is 0 Å². The van der Waals surface area contributed by atoms with Crippen LogP contribution in [0.15, 0.2) is 18.2 Å². The maximum atomic E-state index is 5.83. The van der Waals surface area contributed by atoms with E-state index in [9.17, 15) is 0 Å². The van der Waals surface area contributed by atoms with E-state index in [4.69, 9.17) is 15.2 Å². The van der Waals surface area contributed by atoms with Crippen LogP contribution in [0.4, 0.5) is 0 Å². The molecule has 1 aromatic carbocycles. The van der Waals surface area contributed by atoms with Crippen LogP contribution in [0.2, 0.25) is 0 Å². The van der Waals surface area contributed by atoms with E-state index in [0.29, 0.717) is 0 Å². The Morgan fingerprint density at radius 1 is 1.16 bits per heavy atom. The number of nitrogens with two attached hydrogens (primary N) is 1. The number of rotatable bonds is 9. The Labute approximate surface area is 117 Å². The second-order valence-corrected chi connectivity index (χ2v) is 5.08. The van der Waals surface area contributed by atoms with Crippen LogP contribution in [0.25, 0.3) is 0 Å². The molecule has 0 radical (unpaired) electrons. The highest BCUT2D eigenvalue weighted by Crippen LogP contribution is 2.28. The van der Waals surface area contributed by atoms with Crippen molar-refractivity contribution in [2.45, 2.75) is 52.0 Å². The van der Waals surface area contributed by atoms with E-state index in [2.05, 4.69) is 6.92 Å². The van der Waals surface area contributed by atoms with E-state index < -0.39 is 0 Å². The molecule has 19 heavy (non-hydrogen) atoms. The molecule has 0 bridgehead atoms. The lowest BCUT2D eigenvalue weighted by molar-refractivity contribution is 0.285. The predicted octanol–water partition coefficient (Wildman–Crippen LogP) is 3.54. The second kappa shape index (κ2) is 8.81. The summed E-state index contributed by atoms with van der Waals surface area (Å²) in [5.41, 5.74) is 7.02. The first kappa shape index (κ1) is 15.8. The lowest BCUT2D eigenvalue weighted by Crippen LogP contribution is -2.17. The highest BCUT2D eigenvalue weighted by atomic mass is 16.5. The third-order valence-corrected chi connectivity index (χ3v) is 3.04. The van der Waals surface area contributed by atoms with E-state index in [1.54, 1.807) is 7.11 Å². The molecular weight excluding hydrogens is 238 g/mol. The molecule has 2 N–H and O–H groups in total. The molecule has 3 nitrogen and oxygen atoms in total. The lowest BCUT2D eigenvalue weighted by atomic mass is 10.1. The largest absolute Gasteiger partial charge is 0.493 e. The molecule has 0 aliphatic carbocycles. The summed E-state index contributed by atoms with van der Waals surface area (Å²) in [7, 11) is 1.67.